The van der Waals surface area contributed by atoms with Crippen molar-refractivity contribution in [3.63, 3.8) is 0 Å². The number of amides is 1. The number of likely N-dealkylation sites (tertiary alicyclic amines) is 1. The van der Waals surface area contributed by atoms with Crippen molar-refractivity contribution in [1.82, 2.24) is 14.4 Å². The number of piperidine rings is 1. The van der Waals surface area contributed by atoms with E-state index in [1.54, 1.807) is 0 Å². The van der Waals surface area contributed by atoms with E-state index in [2.05, 4.69) is 4.74 Å². The number of aromatic nitrogens is 1. The number of para-hydroxylation sites is 1. The Bertz CT molecular complexity index is 3170. The van der Waals surface area contributed by atoms with Crippen LogP contribution < -0.4 is 5.43 Å². The fourth-order valence-corrected chi connectivity index (χ4v) is 6.36. The number of rotatable bonds is 12. The van der Waals surface area contributed by atoms with Gasteiger partial charge in [0.25, 0.3) is 0 Å². The van der Waals surface area contributed by atoms with Gasteiger partial charge in [-0.3, -0.25) is 9.59 Å². The van der Waals surface area contributed by atoms with E-state index in [0.29, 0.717) is 9.47 Å². The van der Waals surface area contributed by atoms with Crippen molar-refractivity contribution in [3.8, 4) is 11.1 Å². The lowest BCUT2D eigenvalue weighted by molar-refractivity contribution is -0.138. The molecule has 1 fully saturated rings. The van der Waals surface area contributed by atoms with Gasteiger partial charge in [-0.05, 0) is 66.2 Å². The van der Waals surface area contributed by atoms with Crippen LogP contribution in [-0.2, 0) is 34.5 Å². The van der Waals surface area contributed by atoms with Crippen LogP contribution in [-0.4, -0.2) is 59.5 Å². The van der Waals surface area contributed by atoms with Gasteiger partial charge in [0, 0.05) is 64.6 Å². The third kappa shape index (κ3) is 9.00. The highest BCUT2D eigenvalue weighted by atomic mass is 32.2. The smallest absolute Gasteiger partial charge is 0.383 e. The van der Waals surface area contributed by atoms with Crippen LogP contribution in [0, 0.1) is 18.6 Å². The monoisotopic (exact) mass is 771 g/mol. The molecule has 0 spiro atoms. The Morgan fingerprint density at radius 3 is 2.47 bits per heavy atom. The molecular weight excluding hydrogens is 710 g/mol. The van der Waals surface area contributed by atoms with Crippen molar-refractivity contribution in [2.24, 2.45) is 0 Å². The van der Waals surface area contributed by atoms with Crippen LogP contribution >= 0.6 is 11.8 Å². The van der Waals surface area contributed by atoms with Gasteiger partial charge in [0.2, 0.25) is 5.91 Å². The lowest BCUT2D eigenvalue weighted by atomic mass is 9.98. The highest BCUT2D eigenvalue weighted by Gasteiger charge is 2.32. The van der Waals surface area contributed by atoms with Crippen LogP contribution in [0.3, 0.4) is 0 Å². The predicted molar refractivity (Wildman–Crippen MR) is 198 cm³/mol. The van der Waals surface area contributed by atoms with Gasteiger partial charge in [0.1, 0.15) is 6.54 Å². The Hall–Kier alpha value is -4.52. The molecule has 0 N–H and O–H groups in total. The molecule has 1 saturated heterocycles. The fourth-order valence-electron chi connectivity index (χ4n) is 5.41. The number of carbonyl (C=O) groups excluding carboxylic acids is 1. The van der Waals surface area contributed by atoms with Crippen LogP contribution in [0.15, 0.2) is 100 Å². The number of alkyl halides is 3. The summed E-state index contributed by atoms with van der Waals surface area (Å²) in [7, 11) is -3.04. The first-order chi connectivity index (χ1) is 34.3. The van der Waals surface area contributed by atoms with Crippen LogP contribution in [0.2, 0.25) is 0 Å². The molecule has 0 saturated carbocycles. The van der Waals surface area contributed by atoms with E-state index < -0.39 is 240 Å². The van der Waals surface area contributed by atoms with E-state index in [1.807, 2.05) is 0 Å². The summed E-state index contributed by atoms with van der Waals surface area (Å²) in [6, 6.07) is -19.2. The van der Waals surface area contributed by atoms with Gasteiger partial charge in [0.05, 0.1) is 50.1 Å². The molecule has 0 unspecified atom stereocenters. The van der Waals surface area contributed by atoms with Crippen LogP contribution in [0.25, 0.3) is 22.0 Å². The number of carbonyl (C=O) groups is 1. The molecule has 5 aromatic rings. The second-order valence-corrected chi connectivity index (χ2v) is 12.3. The zero-order valence-corrected chi connectivity index (χ0v) is 28.2. The Morgan fingerprint density at radius 2 is 1.74 bits per heavy atom. The molecule has 12 heteroatoms. The molecule has 53 heavy (non-hydrogen) atoms. The van der Waals surface area contributed by atoms with Crippen molar-refractivity contribution >= 4 is 28.6 Å². The number of ether oxygens (including phenoxy) is 1. The second-order valence-electron chi connectivity index (χ2n) is 11.4. The van der Waals surface area contributed by atoms with Gasteiger partial charge in [-0.15, -0.1) is 11.8 Å². The zero-order valence-electron chi connectivity index (χ0n) is 49.4. The SMILES string of the molecule is [2H]c1c([2H])c(F)c(F)c(CSc2c([2H])c(=O)c3c([2H])c([2H])c([2H])c([2H])c3n2CC(=O)N(C2CCN(C([2H])([2H])COC([2H])([2H])[2H])CC2)C([2H])([2H])c2c([2H])c([2H])c(-c3c([2H])c([2H])c(C(F)(F)F)c(C)c3[2H])c([2H])c2[2H])c1[2H]. The van der Waals surface area contributed by atoms with Gasteiger partial charge < -0.3 is 19.1 Å². The molecule has 6 rings (SSSR count). The van der Waals surface area contributed by atoms with Crippen molar-refractivity contribution < 1.29 is 61.6 Å². The van der Waals surface area contributed by atoms with Gasteiger partial charge in [-0.25, -0.2) is 8.78 Å². The minimum Gasteiger partial charge on any atom is -0.383 e. The number of hydrogen-bond acceptors (Lipinski definition) is 5. The van der Waals surface area contributed by atoms with Crippen LogP contribution in [0.4, 0.5) is 22.0 Å². The number of hydrogen-bond donors (Lipinski definition) is 0. The molecule has 6 nitrogen and oxygen atoms in total. The van der Waals surface area contributed by atoms with E-state index >= 15 is 9.18 Å². The van der Waals surface area contributed by atoms with E-state index in [4.69, 9.17) is 27.4 Å². The Balaban J connectivity index is 1.60. The second kappa shape index (κ2) is 16.7. The summed E-state index contributed by atoms with van der Waals surface area (Å²) >= 11 is 0.220. The lowest BCUT2D eigenvalue weighted by Gasteiger charge is -2.39. The standard InChI is InChI=1S/C41H40F5N3O3S/c1-27-22-30(14-15-34(27)41(44,45)46)29-12-10-28(11-13-29)24-48(32-16-18-47(19-17-32)20-21-52-2)38(51)25-49-36-9-4-3-7-33(36)37(50)23-39(49)53-26-31-6-5-8-35(42)40(31)43/h3-15,22-23,32H,16-21,24-26H2,1-2H3/i2D3,3D,4D,5D,6D,7D,8D,9D,10D,11D,12D,13D,14D,15D,20D2,22D,23D,24D2. The average molecular weight is 772 g/mol. The topological polar surface area (TPSA) is 54.8 Å². The van der Waals surface area contributed by atoms with Gasteiger partial charge in [-0.2, -0.15) is 13.2 Å². The molecule has 1 aliphatic heterocycles. The van der Waals surface area contributed by atoms with Gasteiger partial charge >= 0.3 is 6.18 Å². The summed E-state index contributed by atoms with van der Waals surface area (Å²) in [6.07, 6.45) is -6.16. The third-order valence-electron chi connectivity index (χ3n) is 7.97. The summed E-state index contributed by atoms with van der Waals surface area (Å²) in [6.45, 7) is -8.61. The summed E-state index contributed by atoms with van der Waals surface area (Å²) in [5.41, 5.74) is -8.94. The maximum Gasteiger partial charge on any atom is 0.416 e. The molecule has 1 aliphatic rings. The molecule has 0 radical (unpaired) electrons. The first-order valence-electron chi connectivity index (χ1n) is 26.5. The van der Waals surface area contributed by atoms with E-state index in [1.165, 1.54) is 0 Å². The molecule has 4 aromatic carbocycles. The number of nitrogens with zero attached hydrogens (tertiary/aromatic N) is 3. The predicted octanol–water partition coefficient (Wildman–Crippen LogP) is 8.71. The number of fused-ring (bicyclic) bond motifs is 1. The van der Waals surface area contributed by atoms with Crippen molar-refractivity contribution in [2.45, 2.75) is 55.8 Å². The molecular formula is C41H40F5N3O3S. The third-order valence-corrected chi connectivity index (χ3v) is 9.00. The van der Waals surface area contributed by atoms with E-state index in [9.17, 15) is 25.1 Å². The number of thioether (sulfide) groups is 1. The van der Waals surface area contributed by atoms with Crippen molar-refractivity contribution in [3.05, 3.63) is 135 Å². The molecule has 1 amide bonds. The molecule has 0 bridgehead atoms. The normalized spacial score (nSPS) is 20.9. The first kappa shape index (κ1) is 19.2. The molecule has 0 aliphatic carbocycles. The van der Waals surface area contributed by atoms with Crippen molar-refractivity contribution in [2.75, 3.05) is 33.2 Å². The number of halogens is 5. The maximum absolute atomic E-state index is 15.3. The minimum absolute atomic E-state index is 0.220. The molecule has 278 valence electrons. The highest BCUT2D eigenvalue weighted by Crippen LogP contribution is 2.34. The number of pyridine rings is 1. The summed E-state index contributed by atoms with van der Waals surface area (Å²) in [5, 5.41) is -1.65. The quantitative estimate of drug-likeness (QED) is 0.0939. The first-order valence-corrected chi connectivity index (χ1v) is 16.5. The van der Waals surface area contributed by atoms with Crippen LogP contribution in [0.1, 0.15) is 65.3 Å². The number of benzene rings is 4. The highest BCUT2D eigenvalue weighted by molar-refractivity contribution is 7.98. The summed E-state index contributed by atoms with van der Waals surface area (Å²) in [4.78, 5) is 30.7. The maximum atomic E-state index is 15.3. The van der Waals surface area contributed by atoms with Crippen molar-refractivity contribution in [1.29, 1.82) is 0 Å². The summed E-state index contributed by atoms with van der Waals surface area (Å²) < 4.78 is 264. The van der Waals surface area contributed by atoms with Gasteiger partial charge in [-0.1, -0.05) is 60.4 Å². The minimum atomic E-state index is -5.26. The largest absolute Gasteiger partial charge is 0.416 e. The van der Waals surface area contributed by atoms with E-state index in [0.717, 1.165) is 11.8 Å². The van der Waals surface area contributed by atoms with E-state index in [-0.39, 0.29) is 11.8 Å². The van der Waals surface area contributed by atoms with Gasteiger partial charge in [0.15, 0.2) is 17.1 Å². The van der Waals surface area contributed by atoms with Crippen LogP contribution in [0.5, 0.6) is 0 Å². The Morgan fingerprint density at radius 1 is 1.00 bits per heavy atom. The summed E-state index contributed by atoms with van der Waals surface area (Å²) in [5.74, 6) is -6.09. The number of methoxy groups -OCH3 is 1. The fraction of sp³-hybridized carbons (Fsp3) is 0.317. The Kier molecular flexibility index (Phi) is 6.03. The molecule has 2 heterocycles. The lowest BCUT2D eigenvalue weighted by Crippen LogP contribution is -2.48. The molecule has 0 atom stereocenters. The Labute approximate surface area is 340 Å². The zero-order chi connectivity index (χ0) is 56.8. The average Bonchev–Trinajstić information content (AvgIpc) is 3.31. The molecule has 1 aromatic heterocycles.